The van der Waals surface area contributed by atoms with Crippen molar-refractivity contribution in [1.82, 2.24) is 0 Å². The molecule has 3 atom stereocenters. The molecule has 2 fully saturated rings. The molecule has 0 saturated heterocycles. The van der Waals surface area contributed by atoms with E-state index in [-0.39, 0.29) is 19.8 Å². The van der Waals surface area contributed by atoms with E-state index in [2.05, 4.69) is 30.7 Å². The van der Waals surface area contributed by atoms with E-state index in [9.17, 15) is 9.59 Å². The molecule has 0 N–H and O–H groups in total. The quantitative estimate of drug-likeness (QED) is 0.405. The molecule has 2 saturated carbocycles. The van der Waals surface area contributed by atoms with Gasteiger partial charge in [-0.1, -0.05) is 0 Å². The Balaban J connectivity index is 2.30. The number of alkyl halides is 1. The Morgan fingerprint density at radius 1 is 1.36 bits per heavy atom. The fourth-order valence-electron chi connectivity index (χ4n) is 2.78. The fourth-order valence-corrected chi connectivity index (χ4v) is 11.1. The minimum atomic E-state index is -2.14. The number of ketones is 2. The summed E-state index contributed by atoms with van der Waals surface area (Å²) in [6, 6.07) is 0. The van der Waals surface area contributed by atoms with Crippen molar-refractivity contribution in [2.45, 2.75) is 30.0 Å². The predicted molar refractivity (Wildman–Crippen MR) is 61.2 cm³/mol. The van der Waals surface area contributed by atoms with Gasteiger partial charge in [-0.3, -0.25) is 0 Å². The van der Waals surface area contributed by atoms with Gasteiger partial charge >= 0.3 is 97.3 Å². The standard InChI is InChI=1S/C7H6BrO2.3CH3.Sn/c8-6-3-1-2-4(9)7(10)5(3)6;;;;/h3,5H,1-2H2;3*1H3;/t3-,5-;;;;/m0..../s1. The van der Waals surface area contributed by atoms with E-state index in [0.717, 1.165) is 6.42 Å². The van der Waals surface area contributed by atoms with Crippen molar-refractivity contribution in [3.05, 3.63) is 0 Å². The van der Waals surface area contributed by atoms with E-state index < -0.39 is 18.4 Å². The molecule has 0 aliphatic heterocycles. The molecule has 2 nitrogen and oxygen atoms in total. The van der Waals surface area contributed by atoms with E-state index >= 15 is 0 Å². The van der Waals surface area contributed by atoms with Crippen LogP contribution in [0.3, 0.4) is 0 Å². The van der Waals surface area contributed by atoms with Crippen LogP contribution in [0.25, 0.3) is 0 Å². The molecule has 0 aromatic carbocycles. The van der Waals surface area contributed by atoms with Gasteiger partial charge in [-0.05, 0) is 0 Å². The summed E-state index contributed by atoms with van der Waals surface area (Å²) in [5.41, 5.74) is 0. The molecule has 0 heterocycles. The van der Waals surface area contributed by atoms with Crippen LogP contribution in [0.4, 0.5) is 0 Å². The number of carbonyl (C=O) groups excluding carboxylic acids is 2. The molecule has 0 radical (unpaired) electrons. The summed E-state index contributed by atoms with van der Waals surface area (Å²) in [5.74, 6) is 0.288. The third kappa shape index (κ3) is 1.27. The summed E-state index contributed by atoms with van der Waals surface area (Å²) < 4.78 is 0.0882. The summed E-state index contributed by atoms with van der Waals surface area (Å²) in [5, 5.41) is 0. The Kier molecular flexibility index (Phi) is 2.43. The summed E-state index contributed by atoms with van der Waals surface area (Å²) >= 11 is 1.65. The Bertz CT molecular complexity index is 321. The first-order chi connectivity index (χ1) is 6.30. The van der Waals surface area contributed by atoms with Crippen LogP contribution in [-0.2, 0) is 9.59 Å². The van der Waals surface area contributed by atoms with Crippen LogP contribution in [0, 0.1) is 11.8 Å². The topological polar surface area (TPSA) is 34.1 Å². The molecule has 0 unspecified atom stereocenters. The summed E-state index contributed by atoms with van der Waals surface area (Å²) in [6.07, 6.45) is 1.41. The van der Waals surface area contributed by atoms with Gasteiger partial charge in [0.1, 0.15) is 0 Å². The molecular weight excluding hydrogens is 351 g/mol. The van der Waals surface area contributed by atoms with Crippen LogP contribution in [0.2, 0.25) is 14.8 Å². The molecule has 0 aromatic rings. The van der Waals surface area contributed by atoms with Crippen LogP contribution in [0.15, 0.2) is 0 Å². The van der Waals surface area contributed by atoms with Crippen molar-refractivity contribution in [2.75, 3.05) is 0 Å². The molecular formula is C10H15BrO2Sn. The summed E-state index contributed by atoms with van der Waals surface area (Å²) in [6.45, 7) is 0. The molecule has 2 aliphatic carbocycles. The maximum atomic E-state index is 11.7. The maximum absolute atomic E-state index is 11.7. The zero-order chi connectivity index (χ0) is 10.7. The van der Waals surface area contributed by atoms with Crippen molar-refractivity contribution < 1.29 is 9.59 Å². The van der Waals surface area contributed by atoms with E-state index in [1.807, 2.05) is 0 Å². The third-order valence-corrected chi connectivity index (χ3v) is 21.2. The number of carbonyl (C=O) groups is 2. The first-order valence-corrected chi connectivity index (χ1v) is 15.8. The van der Waals surface area contributed by atoms with Gasteiger partial charge in [0.2, 0.25) is 0 Å². The first-order valence-electron chi connectivity index (χ1n) is 5.06. The number of fused-ring (bicyclic) bond motifs is 1. The fraction of sp³-hybridized carbons (Fsp3) is 0.800. The Morgan fingerprint density at radius 2 is 1.93 bits per heavy atom. The molecule has 2 aliphatic rings. The number of hydrogen-bond acceptors (Lipinski definition) is 2. The van der Waals surface area contributed by atoms with Crippen molar-refractivity contribution in [2.24, 2.45) is 11.8 Å². The van der Waals surface area contributed by atoms with Gasteiger partial charge in [0.25, 0.3) is 0 Å². The van der Waals surface area contributed by atoms with Gasteiger partial charge in [-0.25, -0.2) is 0 Å². The van der Waals surface area contributed by atoms with Crippen molar-refractivity contribution in [3.63, 3.8) is 0 Å². The van der Waals surface area contributed by atoms with Crippen LogP contribution in [0.5, 0.6) is 0 Å². The number of hydrogen-bond donors (Lipinski definition) is 0. The molecule has 78 valence electrons. The second-order valence-corrected chi connectivity index (χ2v) is 24.0. The normalized spacial score (nSPS) is 42.3. The molecule has 2 rings (SSSR count). The van der Waals surface area contributed by atoms with Gasteiger partial charge in [-0.15, -0.1) is 0 Å². The molecule has 0 aromatic heterocycles. The average Bonchev–Trinajstić information content (AvgIpc) is 2.66. The molecule has 14 heavy (non-hydrogen) atoms. The number of halogens is 1. The first kappa shape index (κ1) is 11.1. The van der Waals surface area contributed by atoms with Gasteiger partial charge in [-0.2, -0.15) is 0 Å². The SMILES string of the molecule is [CH3][Sn]([CH3])([CH3])[C@]1(Br)[C@H]2CCC(=O)C(=O)[C@@H]21. The zero-order valence-corrected chi connectivity index (χ0v) is 13.2. The van der Waals surface area contributed by atoms with Crippen LogP contribution in [-0.4, -0.2) is 32.3 Å². The van der Waals surface area contributed by atoms with Crippen molar-refractivity contribution in [1.29, 1.82) is 0 Å². The van der Waals surface area contributed by atoms with Gasteiger partial charge in [0, 0.05) is 0 Å². The third-order valence-electron chi connectivity index (χ3n) is 3.67. The minimum absolute atomic E-state index is 0.0412. The summed E-state index contributed by atoms with van der Waals surface area (Å²) in [4.78, 5) is 30.0. The van der Waals surface area contributed by atoms with E-state index in [0.29, 0.717) is 12.3 Å². The van der Waals surface area contributed by atoms with Crippen molar-refractivity contribution >= 4 is 45.9 Å². The Labute approximate surface area is 96.8 Å². The van der Waals surface area contributed by atoms with E-state index in [1.165, 1.54) is 0 Å². The van der Waals surface area contributed by atoms with E-state index in [1.54, 1.807) is 0 Å². The number of rotatable bonds is 1. The van der Waals surface area contributed by atoms with E-state index in [4.69, 9.17) is 0 Å². The Hall–Kier alpha value is 0.619. The molecule has 0 spiro atoms. The zero-order valence-electron chi connectivity index (χ0n) is 8.76. The van der Waals surface area contributed by atoms with Crippen LogP contribution in [0.1, 0.15) is 12.8 Å². The number of Topliss-reactive ketones (excluding diaryl/α,β-unsaturated/α-hetero) is 2. The van der Waals surface area contributed by atoms with Crippen LogP contribution < -0.4 is 0 Å². The van der Waals surface area contributed by atoms with Gasteiger partial charge in [0.15, 0.2) is 0 Å². The monoisotopic (exact) mass is 366 g/mol. The summed E-state index contributed by atoms with van der Waals surface area (Å²) in [7, 11) is 0. The second-order valence-electron chi connectivity index (χ2n) is 5.43. The predicted octanol–water partition coefficient (Wildman–Crippen LogP) is 2.18. The average molecular weight is 366 g/mol. The van der Waals surface area contributed by atoms with Gasteiger partial charge in [0.05, 0.1) is 0 Å². The molecule has 0 amide bonds. The van der Waals surface area contributed by atoms with Gasteiger partial charge < -0.3 is 0 Å². The molecule has 4 heteroatoms. The molecule has 0 bridgehead atoms. The van der Waals surface area contributed by atoms with Crippen LogP contribution >= 0.6 is 15.9 Å². The van der Waals surface area contributed by atoms with Crippen molar-refractivity contribution in [3.8, 4) is 0 Å². The Morgan fingerprint density at radius 3 is 2.43 bits per heavy atom. The second kappa shape index (κ2) is 3.06.